The molecule has 3 atom stereocenters. The first-order valence-corrected chi connectivity index (χ1v) is 29.7. The molecular formula is C74H66O18. The molecule has 0 spiro atoms. The Morgan fingerprint density at radius 2 is 0.978 bits per heavy atom. The van der Waals surface area contributed by atoms with Crippen molar-refractivity contribution < 1.29 is 66.1 Å². The van der Waals surface area contributed by atoms with Gasteiger partial charge in [-0.2, -0.15) is 0 Å². The highest BCUT2D eigenvalue weighted by atomic mass is 16.6. The van der Waals surface area contributed by atoms with Gasteiger partial charge in [-0.1, -0.05) is 60.7 Å². The van der Waals surface area contributed by atoms with Gasteiger partial charge in [-0.15, -0.1) is 0 Å². The van der Waals surface area contributed by atoms with E-state index in [0.29, 0.717) is 143 Å². The Bertz CT molecular complexity index is 5340. The van der Waals surface area contributed by atoms with E-state index in [-0.39, 0.29) is 67.7 Å². The summed E-state index contributed by atoms with van der Waals surface area (Å²) in [5.74, 6) is 2.78. The van der Waals surface area contributed by atoms with Crippen molar-refractivity contribution in [2.75, 3.05) is 35.0 Å². The van der Waals surface area contributed by atoms with Gasteiger partial charge in [0.1, 0.15) is 124 Å². The van der Waals surface area contributed by atoms with Gasteiger partial charge in [-0.25, -0.2) is 0 Å². The van der Waals surface area contributed by atoms with E-state index in [1.54, 1.807) is 68.8 Å². The van der Waals surface area contributed by atoms with E-state index in [1.807, 2.05) is 84.9 Å². The summed E-state index contributed by atoms with van der Waals surface area (Å²) in [5, 5.41) is 32.9. The standard InChI is InChI=1S/C20H18O6.C20H18O4.C20H20O4.C14H10O4/c1-20(9-24-20)15-7-11-13(25-15)8-14(23-3)16-17(21)10-5-4-6-12(22-2)18(10)26-19(11)16;1-10(2)14-8-13-15(23-14)9-16(22-4)17-18(21)12-7-5-6-11(3)19(12)24-20(13)17;1-11(2)8-9-13-15(21)10-16(23-4)17-18(22)14-7-5-6-12(3)19(14)24-20(13)17;1-7-3-2-4-9-13(17)12-10(16)5-8(15)6-11(12)18-14(7)9/h4-6,8,15H,7,9H2,1-3H3;5-7,9,14H,1,8H2,2-4H3;5-8,10,21H,9H2,1-4H3;2-6,15-16H,1H3/t15-,20-;14-;;/m11../s1. The number of hydrogen-bond acceptors (Lipinski definition) is 18. The van der Waals surface area contributed by atoms with Crippen LogP contribution in [0.1, 0.15) is 61.1 Å². The first kappa shape index (κ1) is 61.5. The van der Waals surface area contributed by atoms with Gasteiger partial charge in [-0.3, -0.25) is 19.2 Å². The molecule has 18 heteroatoms. The maximum Gasteiger partial charge on any atom is 0.204 e. The normalized spacial score (nSPS) is 16.0. The highest BCUT2D eigenvalue weighted by molar-refractivity contribution is 6.00. The number of fused-ring (bicyclic) bond motifs is 12. The third-order valence-corrected chi connectivity index (χ3v) is 17.1. The quantitative estimate of drug-likeness (QED) is 0.0726. The van der Waals surface area contributed by atoms with Crippen molar-refractivity contribution in [3.8, 4) is 51.7 Å². The fourth-order valence-electron chi connectivity index (χ4n) is 11.9. The van der Waals surface area contributed by atoms with Crippen molar-refractivity contribution in [2.24, 2.45) is 0 Å². The van der Waals surface area contributed by atoms with E-state index in [0.717, 1.165) is 45.0 Å². The Labute approximate surface area is 525 Å². The van der Waals surface area contributed by atoms with E-state index >= 15 is 0 Å². The molecule has 92 heavy (non-hydrogen) atoms. The van der Waals surface area contributed by atoms with E-state index in [2.05, 4.69) is 6.58 Å². The Morgan fingerprint density at radius 1 is 0.533 bits per heavy atom. The van der Waals surface area contributed by atoms with Crippen LogP contribution in [0.2, 0.25) is 0 Å². The number of allylic oxidation sites excluding steroid dienone is 2. The minimum Gasteiger partial charge on any atom is -0.508 e. The number of benzene rings is 8. The van der Waals surface area contributed by atoms with Crippen LogP contribution < -0.4 is 50.1 Å². The fourth-order valence-corrected chi connectivity index (χ4v) is 11.9. The summed E-state index contributed by atoms with van der Waals surface area (Å²) in [6.07, 6.45) is 3.53. The molecule has 0 bridgehead atoms. The van der Waals surface area contributed by atoms with Crippen LogP contribution in [-0.2, 0) is 24.0 Å². The molecule has 3 N–H and O–H groups in total. The lowest BCUT2D eigenvalue weighted by atomic mass is 9.98. The van der Waals surface area contributed by atoms with Crippen LogP contribution in [0.15, 0.2) is 164 Å². The Balaban J connectivity index is 0.000000119. The molecule has 0 unspecified atom stereocenters. The maximum absolute atomic E-state index is 13.2. The average molecular weight is 1240 g/mol. The van der Waals surface area contributed by atoms with Crippen LogP contribution in [0.5, 0.6) is 51.7 Å². The zero-order valence-electron chi connectivity index (χ0n) is 52.5. The Morgan fingerprint density at radius 3 is 1.49 bits per heavy atom. The lowest BCUT2D eigenvalue weighted by Crippen LogP contribution is -2.30. The topological polar surface area (TPSA) is 249 Å². The molecule has 0 amide bonds. The lowest BCUT2D eigenvalue weighted by Gasteiger charge is -2.14. The summed E-state index contributed by atoms with van der Waals surface area (Å²) in [4.78, 5) is 51.5. The number of ether oxygens (including phenoxy) is 7. The van der Waals surface area contributed by atoms with Gasteiger partial charge >= 0.3 is 0 Å². The summed E-state index contributed by atoms with van der Waals surface area (Å²) in [7, 11) is 6.11. The fraction of sp³-hybridized carbons (Fsp3) is 0.243. The van der Waals surface area contributed by atoms with Gasteiger partial charge < -0.3 is 66.1 Å². The number of hydrogen-bond donors (Lipinski definition) is 3. The van der Waals surface area contributed by atoms with Gasteiger partial charge in [0.25, 0.3) is 0 Å². The van der Waals surface area contributed by atoms with Crippen LogP contribution in [0.3, 0.4) is 0 Å². The van der Waals surface area contributed by atoms with Crippen LogP contribution >= 0.6 is 0 Å². The van der Waals surface area contributed by atoms with Crippen LogP contribution in [0.4, 0.5) is 0 Å². The van der Waals surface area contributed by atoms with Gasteiger partial charge in [0.05, 0.1) is 56.6 Å². The monoisotopic (exact) mass is 1240 g/mol. The Kier molecular flexibility index (Phi) is 16.0. The molecule has 470 valence electrons. The molecule has 0 aliphatic carbocycles. The average Bonchev–Trinajstić information content (AvgIpc) is 1.36. The van der Waals surface area contributed by atoms with Crippen LogP contribution in [0.25, 0.3) is 87.8 Å². The van der Waals surface area contributed by atoms with Crippen molar-refractivity contribution in [1.82, 2.24) is 0 Å². The first-order valence-electron chi connectivity index (χ1n) is 29.7. The van der Waals surface area contributed by atoms with Crippen LogP contribution in [-0.4, -0.2) is 68.2 Å². The minimum absolute atomic E-state index is 0.0629. The molecule has 1 fully saturated rings. The number of phenolic OH excluding ortho intramolecular Hbond substituents is 3. The molecule has 15 rings (SSSR count). The lowest BCUT2D eigenvalue weighted by molar-refractivity contribution is 0.127. The van der Waals surface area contributed by atoms with Crippen molar-refractivity contribution in [1.29, 1.82) is 0 Å². The molecule has 8 aromatic carbocycles. The molecule has 7 heterocycles. The molecule has 0 saturated carbocycles. The zero-order valence-corrected chi connectivity index (χ0v) is 52.5. The van der Waals surface area contributed by atoms with E-state index < -0.39 is 0 Å². The van der Waals surface area contributed by atoms with Gasteiger partial charge in [0.2, 0.25) is 21.7 Å². The number of methoxy groups -OCH3 is 4. The summed E-state index contributed by atoms with van der Waals surface area (Å²) in [6, 6.07) is 29.1. The van der Waals surface area contributed by atoms with E-state index in [9.17, 15) is 34.5 Å². The predicted molar refractivity (Wildman–Crippen MR) is 354 cm³/mol. The molecule has 18 nitrogen and oxygen atoms in total. The van der Waals surface area contributed by atoms with Crippen molar-refractivity contribution in [3.63, 3.8) is 0 Å². The summed E-state index contributed by atoms with van der Waals surface area (Å²) < 4.78 is 63.3. The number of epoxide rings is 1. The minimum atomic E-state index is -0.299. The first-order chi connectivity index (χ1) is 44.1. The van der Waals surface area contributed by atoms with Crippen molar-refractivity contribution >= 4 is 87.8 Å². The number of aromatic hydroxyl groups is 3. The summed E-state index contributed by atoms with van der Waals surface area (Å²) >= 11 is 0. The highest BCUT2D eigenvalue weighted by Gasteiger charge is 2.52. The van der Waals surface area contributed by atoms with Crippen molar-refractivity contribution in [2.45, 2.75) is 85.5 Å². The molecule has 4 aromatic heterocycles. The van der Waals surface area contributed by atoms with E-state index in [1.165, 1.54) is 26.4 Å². The molecule has 12 aromatic rings. The van der Waals surface area contributed by atoms with Gasteiger partial charge in [0.15, 0.2) is 11.3 Å². The van der Waals surface area contributed by atoms with Gasteiger partial charge in [0, 0.05) is 59.9 Å². The van der Waals surface area contributed by atoms with Crippen LogP contribution in [0, 0.1) is 20.8 Å². The molecule has 0 radical (unpaired) electrons. The number of rotatable bonds is 8. The van der Waals surface area contributed by atoms with Gasteiger partial charge in [-0.05, 0) is 107 Å². The zero-order chi connectivity index (χ0) is 65.4. The second-order valence-corrected chi connectivity index (χ2v) is 23.6. The molecule has 1 saturated heterocycles. The third kappa shape index (κ3) is 10.7. The smallest absolute Gasteiger partial charge is 0.204 e. The third-order valence-electron chi connectivity index (χ3n) is 17.1. The number of aryl methyl sites for hydroxylation is 3. The summed E-state index contributed by atoms with van der Waals surface area (Å²) in [6.45, 7) is 18.2. The molecular weight excluding hydrogens is 1180 g/mol. The maximum atomic E-state index is 13.2. The molecule has 3 aliphatic heterocycles. The Hall–Kier alpha value is -10.7. The molecule has 3 aliphatic rings. The highest BCUT2D eigenvalue weighted by Crippen LogP contribution is 2.47. The SMILES string of the molecule is C=C(C)[C@H]1Cc2c(cc(OC)c3c(=O)c4cccc(C)c4oc23)O1.COc1cc(O)c(CC=C(C)C)c2oc3c(C)cccc3c(=O)c12.COc1cccc2c(=O)c3c(OC)cc4c(c3oc12)C[C@H]([C@@]1(C)CO1)O4.Cc1cccc2c(=O)c3c(O)cc(O)cc3oc12. The van der Waals surface area contributed by atoms with Crippen molar-refractivity contribution in [3.05, 3.63) is 201 Å². The second-order valence-electron chi connectivity index (χ2n) is 23.6. The predicted octanol–water partition coefficient (Wildman–Crippen LogP) is 14.3. The van der Waals surface area contributed by atoms with E-state index in [4.69, 9.17) is 50.8 Å². The summed E-state index contributed by atoms with van der Waals surface area (Å²) in [5.41, 5.74) is 9.79. The largest absolute Gasteiger partial charge is 0.508 e. The number of phenols is 3. The second kappa shape index (κ2) is 23.9. The number of para-hydroxylation sites is 4.